The minimum atomic E-state index is 0.642. The van der Waals surface area contributed by atoms with Gasteiger partial charge in [-0.2, -0.15) is 0 Å². The van der Waals surface area contributed by atoms with E-state index < -0.39 is 0 Å². The van der Waals surface area contributed by atoms with Crippen molar-refractivity contribution in [3.63, 3.8) is 0 Å². The summed E-state index contributed by atoms with van der Waals surface area (Å²) < 4.78 is 0. The van der Waals surface area contributed by atoms with Crippen molar-refractivity contribution in [2.24, 2.45) is 0 Å². The maximum Gasteiger partial charge on any atom is 0.171 e. The van der Waals surface area contributed by atoms with Gasteiger partial charge in [-0.3, -0.25) is 0 Å². The normalized spacial score (nSPS) is 10.6. The summed E-state index contributed by atoms with van der Waals surface area (Å²) in [6, 6.07) is 10.6. The lowest BCUT2D eigenvalue weighted by molar-refractivity contribution is 0.946. The molecule has 0 unspecified atom stereocenters. The molecule has 0 aliphatic carbocycles. The number of anilines is 1. The molecule has 2 aromatic heterocycles. The van der Waals surface area contributed by atoms with Gasteiger partial charge in [0, 0.05) is 15.9 Å². The van der Waals surface area contributed by atoms with Crippen molar-refractivity contribution in [2.45, 2.75) is 27.3 Å². The maximum atomic E-state index is 5.41. The van der Waals surface area contributed by atoms with Crippen LogP contribution in [0.2, 0.25) is 0 Å². The van der Waals surface area contributed by atoms with Crippen LogP contribution in [-0.4, -0.2) is 10.1 Å². The van der Waals surface area contributed by atoms with Crippen molar-refractivity contribution in [1.82, 2.24) is 10.3 Å². The molecule has 0 saturated carbocycles. The molecule has 3 aromatic rings. The van der Waals surface area contributed by atoms with E-state index >= 15 is 0 Å². The van der Waals surface area contributed by atoms with Gasteiger partial charge in [0.15, 0.2) is 5.11 Å². The van der Waals surface area contributed by atoms with E-state index in [0.717, 1.165) is 16.4 Å². The number of aryl methyl sites for hydroxylation is 3. The molecular weight excluding hydrogens is 354 g/mol. The van der Waals surface area contributed by atoms with Crippen molar-refractivity contribution in [1.29, 1.82) is 0 Å². The number of thiazole rings is 1. The summed E-state index contributed by atoms with van der Waals surface area (Å²) in [7, 11) is 0. The van der Waals surface area contributed by atoms with Crippen LogP contribution in [0.1, 0.15) is 21.0 Å². The molecule has 3 nitrogen and oxygen atoms in total. The average molecular weight is 374 g/mol. The van der Waals surface area contributed by atoms with E-state index in [1.807, 2.05) is 6.92 Å². The first-order valence-corrected chi connectivity index (χ1v) is 9.75. The number of hydrogen-bond donors (Lipinski definition) is 2. The van der Waals surface area contributed by atoms with Gasteiger partial charge in [-0.15, -0.1) is 22.7 Å². The second-order valence-corrected chi connectivity index (χ2v) is 8.28. The lowest BCUT2D eigenvalue weighted by atomic mass is 10.1. The SMILES string of the molecule is Cc1ccc(C)c(NC(=S)NCc2ccc(-c3csc(C)n3)s2)c1. The van der Waals surface area contributed by atoms with Crippen LogP contribution < -0.4 is 10.6 Å². The molecule has 0 aliphatic rings. The summed E-state index contributed by atoms with van der Waals surface area (Å²) in [5.41, 5.74) is 4.51. The summed E-state index contributed by atoms with van der Waals surface area (Å²) in [5, 5.41) is 10.4. The molecule has 0 aliphatic heterocycles. The highest BCUT2D eigenvalue weighted by Crippen LogP contribution is 2.29. The molecule has 24 heavy (non-hydrogen) atoms. The molecule has 0 radical (unpaired) electrons. The molecular formula is C18H19N3S3. The van der Waals surface area contributed by atoms with E-state index in [9.17, 15) is 0 Å². The largest absolute Gasteiger partial charge is 0.358 e. The van der Waals surface area contributed by atoms with Crippen molar-refractivity contribution in [3.8, 4) is 10.6 Å². The van der Waals surface area contributed by atoms with Crippen LogP contribution in [0.4, 0.5) is 5.69 Å². The Labute approximate surface area is 155 Å². The third-order valence-corrected chi connectivity index (χ3v) is 5.73. The molecule has 0 spiro atoms. The fourth-order valence-corrected chi connectivity index (χ4v) is 4.07. The first kappa shape index (κ1) is 17.1. The second-order valence-electron chi connectivity index (χ2n) is 5.64. The molecule has 124 valence electrons. The monoisotopic (exact) mass is 373 g/mol. The van der Waals surface area contributed by atoms with Crippen LogP contribution in [0.25, 0.3) is 10.6 Å². The Hall–Kier alpha value is -1.76. The number of thiocarbonyl (C=S) groups is 1. The Balaban J connectivity index is 1.58. The average Bonchev–Trinajstić information content (AvgIpc) is 3.17. The second kappa shape index (κ2) is 7.42. The highest BCUT2D eigenvalue weighted by Gasteiger charge is 2.07. The van der Waals surface area contributed by atoms with Gasteiger partial charge in [0.2, 0.25) is 0 Å². The summed E-state index contributed by atoms with van der Waals surface area (Å²) in [6.07, 6.45) is 0. The van der Waals surface area contributed by atoms with Crippen LogP contribution in [0.3, 0.4) is 0 Å². The summed E-state index contributed by atoms with van der Waals surface area (Å²) >= 11 is 8.84. The van der Waals surface area contributed by atoms with Gasteiger partial charge in [-0.1, -0.05) is 12.1 Å². The molecule has 0 bridgehead atoms. The van der Waals surface area contributed by atoms with E-state index in [1.54, 1.807) is 22.7 Å². The predicted octanol–water partition coefficient (Wildman–Crippen LogP) is 5.28. The van der Waals surface area contributed by atoms with Gasteiger partial charge >= 0.3 is 0 Å². The zero-order chi connectivity index (χ0) is 17.1. The van der Waals surface area contributed by atoms with E-state index in [0.29, 0.717) is 11.7 Å². The van der Waals surface area contributed by atoms with Crippen molar-refractivity contribution < 1.29 is 0 Å². The van der Waals surface area contributed by atoms with Gasteiger partial charge in [0.25, 0.3) is 0 Å². The van der Waals surface area contributed by atoms with E-state index in [-0.39, 0.29) is 0 Å². The zero-order valence-electron chi connectivity index (χ0n) is 13.8. The van der Waals surface area contributed by atoms with E-state index in [4.69, 9.17) is 12.2 Å². The number of hydrogen-bond acceptors (Lipinski definition) is 4. The topological polar surface area (TPSA) is 37.0 Å². The maximum absolute atomic E-state index is 5.41. The van der Waals surface area contributed by atoms with Crippen LogP contribution in [0.5, 0.6) is 0 Å². The van der Waals surface area contributed by atoms with Crippen molar-refractivity contribution in [3.05, 3.63) is 56.7 Å². The molecule has 2 heterocycles. The van der Waals surface area contributed by atoms with E-state index in [2.05, 4.69) is 65.2 Å². The molecule has 0 fully saturated rings. The zero-order valence-corrected chi connectivity index (χ0v) is 16.3. The van der Waals surface area contributed by atoms with Crippen LogP contribution in [-0.2, 0) is 6.54 Å². The predicted molar refractivity (Wildman–Crippen MR) is 109 cm³/mol. The third-order valence-electron chi connectivity index (χ3n) is 3.60. The lowest BCUT2D eigenvalue weighted by Crippen LogP contribution is -2.27. The number of benzene rings is 1. The lowest BCUT2D eigenvalue weighted by Gasteiger charge is -2.12. The Morgan fingerprint density at radius 1 is 1.17 bits per heavy atom. The number of rotatable bonds is 4. The molecule has 2 N–H and O–H groups in total. The van der Waals surface area contributed by atoms with Crippen molar-refractivity contribution >= 4 is 45.7 Å². The van der Waals surface area contributed by atoms with Crippen LogP contribution in [0, 0.1) is 20.8 Å². The van der Waals surface area contributed by atoms with Gasteiger partial charge in [0.05, 0.1) is 22.1 Å². The number of nitrogens with zero attached hydrogens (tertiary/aromatic N) is 1. The Morgan fingerprint density at radius 3 is 2.75 bits per heavy atom. The fraction of sp³-hybridized carbons (Fsp3) is 0.222. The number of nitrogens with one attached hydrogen (secondary N) is 2. The molecule has 0 saturated heterocycles. The molecule has 6 heteroatoms. The van der Waals surface area contributed by atoms with Gasteiger partial charge < -0.3 is 10.6 Å². The quantitative estimate of drug-likeness (QED) is 0.610. The van der Waals surface area contributed by atoms with Gasteiger partial charge in [0.1, 0.15) is 0 Å². The van der Waals surface area contributed by atoms with Gasteiger partial charge in [-0.25, -0.2) is 4.98 Å². The fourth-order valence-electron chi connectivity index (χ4n) is 2.29. The number of aromatic nitrogens is 1. The summed E-state index contributed by atoms with van der Waals surface area (Å²) in [5.74, 6) is 0. The Kier molecular flexibility index (Phi) is 5.28. The Morgan fingerprint density at radius 2 is 2.00 bits per heavy atom. The van der Waals surface area contributed by atoms with Crippen LogP contribution in [0.15, 0.2) is 35.7 Å². The molecule has 3 rings (SSSR count). The minimum absolute atomic E-state index is 0.642. The summed E-state index contributed by atoms with van der Waals surface area (Å²) in [6.45, 7) is 6.90. The highest BCUT2D eigenvalue weighted by molar-refractivity contribution is 7.80. The third kappa shape index (κ3) is 4.20. The smallest absolute Gasteiger partial charge is 0.171 e. The number of thiophene rings is 1. The van der Waals surface area contributed by atoms with Gasteiger partial charge in [-0.05, 0) is 62.3 Å². The summed E-state index contributed by atoms with van der Waals surface area (Å²) in [4.78, 5) is 6.97. The van der Waals surface area contributed by atoms with Crippen molar-refractivity contribution in [2.75, 3.05) is 5.32 Å². The first-order chi connectivity index (χ1) is 11.5. The first-order valence-electron chi connectivity index (χ1n) is 7.64. The van der Waals surface area contributed by atoms with E-state index in [1.165, 1.54) is 20.9 Å². The van der Waals surface area contributed by atoms with Crippen LogP contribution >= 0.6 is 34.9 Å². The molecule has 0 amide bonds. The molecule has 1 aromatic carbocycles. The Bertz CT molecular complexity index is 864. The standard InChI is InChI=1S/C18H19N3S3/c1-11-4-5-12(2)15(8-11)21-18(22)19-9-14-6-7-17(24-14)16-10-23-13(3)20-16/h4-8,10H,9H2,1-3H3,(H2,19,21,22). The minimum Gasteiger partial charge on any atom is -0.358 e. The highest BCUT2D eigenvalue weighted by atomic mass is 32.1. The molecule has 0 atom stereocenters.